The van der Waals surface area contributed by atoms with Crippen LogP contribution in [0.4, 0.5) is 11.4 Å². The molecule has 21 heavy (non-hydrogen) atoms. The highest BCUT2D eigenvalue weighted by Crippen LogP contribution is 2.26. The summed E-state index contributed by atoms with van der Waals surface area (Å²) in [6.45, 7) is 0. The molecule has 0 fully saturated rings. The van der Waals surface area contributed by atoms with E-state index in [2.05, 4.69) is 10.3 Å². The number of benzene rings is 2. The first kappa shape index (κ1) is 13.8. The average molecular weight is 320 g/mol. The number of rotatable bonds is 2. The van der Waals surface area contributed by atoms with Crippen molar-refractivity contribution in [1.29, 1.82) is 0 Å². The highest BCUT2D eigenvalue weighted by atomic mass is 35.5. The van der Waals surface area contributed by atoms with Crippen molar-refractivity contribution in [3.63, 3.8) is 0 Å². The van der Waals surface area contributed by atoms with Crippen molar-refractivity contribution in [3.8, 4) is 0 Å². The number of nitrogens with one attached hydrogen (secondary N) is 2. The molecule has 0 unspecified atom stereocenters. The van der Waals surface area contributed by atoms with Gasteiger partial charge in [-0.1, -0.05) is 23.2 Å². The highest BCUT2D eigenvalue weighted by Gasteiger charge is 2.12. The molecule has 0 atom stereocenters. The number of amides is 1. The van der Waals surface area contributed by atoms with E-state index in [9.17, 15) is 4.79 Å². The zero-order chi connectivity index (χ0) is 15.0. The van der Waals surface area contributed by atoms with Gasteiger partial charge in [-0.15, -0.1) is 0 Å². The van der Waals surface area contributed by atoms with Gasteiger partial charge in [0.15, 0.2) is 0 Å². The van der Waals surface area contributed by atoms with Gasteiger partial charge >= 0.3 is 0 Å². The van der Waals surface area contributed by atoms with Gasteiger partial charge < -0.3 is 16.0 Å². The van der Waals surface area contributed by atoms with Gasteiger partial charge in [0, 0.05) is 21.6 Å². The molecule has 4 nitrogen and oxygen atoms in total. The predicted molar refractivity (Wildman–Crippen MR) is 87.1 cm³/mol. The van der Waals surface area contributed by atoms with E-state index in [0.29, 0.717) is 27.1 Å². The molecule has 0 bridgehead atoms. The van der Waals surface area contributed by atoms with Crippen molar-refractivity contribution in [2.75, 3.05) is 11.1 Å². The summed E-state index contributed by atoms with van der Waals surface area (Å²) in [4.78, 5) is 15.3. The fraction of sp³-hybridized carbons (Fsp3) is 0. The quantitative estimate of drug-likeness (QED) is 0.616. The van der Waals surface area contributed by atoms with E-state index < -0.39 is 0 Å². The molecule has 2 aromatic carbocycles. The van der Waals surface area contributed by atoms with Crippen LogP contribution in [-0.2, 0) is 0 Å². The van der Waals surface area contributed by atoms with E-state index in [1.807, 2.05) is 6.07 Å². The third kappa shape index (κ3) is 2.82. The molecule has 3 aromatic rings. The van der Waals surface area contributed by atoms with Gasteiger partial charge in [0.2, 0.25) is 0 Å². The number of carbonyl (C=O) groups is 1. The number of nitrogens with two attached hydrogens (primary N) is 1. The van der Waals surface area contributed by atoms with Crippen LogP contribution in [0.3, 0.4) is 0 Å². The van der Waals surface area contributed by atoms with Crippen LogP contribution in [-0.4, -0.2) is 10.9 Å². The van der Waals surface area contributed by atoms with Gasteiger partial charge in [-0.2, -0.15) is 0 Å². The lowest BCUT2D eigenvalue weighted by Gasteiger charge is -2.06. The molecule has 6 heteroatoms. The molecule has 0 saturated carbocycles. The maximum atomic E-state index is 12.3. The van der Waals surface area contributed by atoms with Crippen LogP contribution in [0.5, 0.6) is 0 Å². The number of aromatic amines is 1. The number of nitrogen functional groups attached to an aromatic ring is 1. The fourth-order valence-corrected chi connectivity index (χ4v) is 2.39. The minimum Gasteiger partial charge on any atom is -0.399 e. The van der Waals surface area contributed by atoms with Crippen molar-refractivity contribution < 1.29 is 4.79 Å². The van der Waals surface area contributed by atoms with Crippen molar-refractivity contribution in [3.05, 3.63) is 58.2 Å². The first-order chi connectivity index (χ1) is 10.0. The van der Waals surface area contributed by atoms with E-state index in [1.165, 1.54) is 0 Å². The van der Waals surface area contributed by atoms with Gasteiger partial charge in [0.25, 0.3) is 5.91 Å². The summed E-state index contributed by atoms with van der Waals surface area (Å²) >= 11 is 11.9. The Morgan fingerprint density at radius 1 is 1.10 bits per heavy atom. The van der Waals surface area contributed by atoms with E-state index in [-0.39, 0.29) is 5.91 Å². The molecular formula is C15H11Cl2N3O. The summed E-state index contributed by atoms with van der Waals surface area (Å²) < 4.78 is 0. The van der Waals surface area contributed by atoms with Gasteiger partial charge in [0.05, 0.1) is 10.7 Å². The molecule has 1 aromatic heterocycles. The molecule has 0 spiro atoms. The Bertz CT molecular complexity index is 842. The number of fused-ring (bicyclic) bond motifs is 1. The highest BCUT2D eigenvalue weighted by molar-refractivity contribution is 6.35. The Hall–Kier alpha value is -2.17. The van der Waals surface area contributed by atoms with Crippen LogP contribution in [0.1, 0.15) is 10.5 Å². The third-order valence-electron chi connectivity index (χ3n) is 3.07. The van der Waals surface area contributed by atoms with E-state index >= 15 is 0 Å². The minimum absolute atomic E-state index is 0.297. The Morgan fingerprint density at radius 3 is 2.71 bits per heavy atom. The number of carbonyl (C=O) groups excluding carboxylic acids is 1. The van der Waals surface area contributed by atoms with E-state index in [1.54, 1.807) is 36.4 Å². The van der Waals surface area contributed by atoms with E-state index in [0.717, 1.165) is 10.9 Å². The summed E-state index contributed by atoms with van der Waals surface area (Å²) in [5, 5.41) is 4.52. The Morgan fingerprint density at radius 2 is 1.90 bits per heavy atom. The fourth-order valence-electron chi connectivity index (χ4n) is 2.06. The second-order valence-corrected chi connectivity index (χ2v) is 5.45. The Kier molecular flexibility index (Phi) is 3.49. The SMILES string of the molecule is Nc1ccc2[nH]c(C(=O)Nc3cc(Cl)ccc3Cl)cc2c1. The Balaban J connectivity index is 1.91. The zero-order valence-corrected chi connectivity index (χ0v) is 12.3. The van der Waals surface area contributed by atoms with Gasteiger partial charge in [-0.05, 0) is 42.5 Å². The molecule has 0 saturated heterocycles. The molecule has 1 amide bonds. The normalized spacial score (nSPS) is 10.8. The lowest BCUT2D eigenvalue weighted by Crippen LogP contribution is -2.12. The molecule has 0 radical (unpaired) electrons. The van der Waals surface area contributed by atoms with Crippen molar-refractivity contribution in [2.24, 2.45) is 0 Å². The van der Waals surface area contributed by atoms with Crippen LogP contribution >= 0.6 is 23.2 Å². The second kappa shape index (κ2) is 5.31. The molecule has 0 aliphatic carbocycles. The van der Waals surface area contributed by atoms with Crippen molar-refractivity contribution >= 4 is 51.4 Å². The summed E-state index contributed by atoms with van der Waals surface area (Å²) in [5.74, 6) is -0.297. The number of halogens is 2. The lowest BCUT2D eigenvalue weighted by atomic mass is 10.2. The number of hydrogen-bond donors (Lipinski definition) is 3. The molecule has 1 heterocycles. The Labute approximate surface area is 130 Å². The zero-order valence-electron chi connectivity index (χ0n) is 10.8. The maximum absolute atomic E-state index is 12.3. The largest absolute Gasteiger partial charge is 0.399 e. The first-order valence-corrected chi connectivity index (χ1v) is 6.93. The minimum atomic E-state index is -0.297. The molecule has 0 aliphatic rings. The summed E-state index contributed by atoms with van der Waals surface area (Å²) in [7, 11) is 0. The van der Waals surface area contributed by atoms with Gasteiger partial charge in [0.1, 0.15) is 5.69 Å². The average Bonchev–Trinajstić information content (AvgIpc) is 2.86. The summed E-state index contributed by atoms with van der Waals surface area (Å²) in [6, 6.07) is 12.0. The third-order valence-corrected chi connectivity index (χ3v) is 3.63. The topological polar surface area (TPSA) is 70.9 Å². The number of anilines is 2. The monoisotopic (exact) mass is 319 g/mol. The maximum Gasteiger partial charge on any atom is 0.272 e. The van der Waals surface area contributed by atoms with Crippen LogP contribution in [0.25, 0.3) is 10.9 Å². The van der Waals surface area contributed by atoms with Crippen LogP contribution < -0.4 is 11.1 Å². The molecule has 0 aliphatic heterocycles. The van der Waals surface area contributed by atoms with Crippen LogP contribution in [0, 0.1) is 0 Å². The summed E-state index contributed by atoms with van der Waals surface area (Å²) in [6.07, 6.45) is 0. The number of hydrogen-bond acceptors (Lipinski definition) is 2. The standard InChI is InChI=1S/C15H11Cl2N3O/c16-9-1-3-11(17)13(7-9)20-15(21)14-6-8-5-10(18)2-4-12(8)19-14/h1-7,19H,18H2,(H,20,21). The summed E-state index contributed by atoms with van der Waals surface area (Å²) in [5.41, 5.74) is 8.09. The second-order valence-electron chi connectivity index (χ2n) is 4.61. The van der Waals surface area contributed by atoms with E-state index in [4.69, 9.17) is 28.9 Å². The number of aromatic nitrogens is 1. The smallest absolute Gasteiger partial charge is 0.272 e. The molecule has 3 rings (SSSR count). The van der Waals surface area contributed by atoms with Gasteiger partial charge in [-0.3, -0.25) is 4.79 Å². The van der Waals surface area contributed by atoms with Crippen molar-refractivity contribution in [2.45, 2.75) is 0 Å². The predicted octanol–water partition coefficient (Wildman–Crippen LogP) is 4.31. The van der Waals surface area contributed by atoms with Crippen LogP contribution in [0.15, 0.2) is 42.5 Å². The molecular weight excluding hydrogens is 309 g/mol. The molecule has 106 valence electrons. The number of H-pyrrole nitrogens is 1. The first-order valence-electron chi connectivity index (χ1n) is 6.17. The van der Waals surface area contributed by atoms with Gasteiger partial charge in [-0.25, -0.2) is 0 Å². The lowest BCUT2D eigenvalue weighted by molar-refractivity contribution is 0.102. The molecule has 4 N–H and O–H groups in total. The van der Waals surface area contributed by atoms with Crippen molar-refractivity contribution in [1.82, 2.24) is 4.98 Å². The van der Waals surface area contributed by atoms with Crippen LogP contribution in [0.2, 0.25) is 10.0 Å².